The molecule has 0 aliphatic carbocycles. The van der Waals surface area contributed by atoms with Crippen LogP contribution < -0.4 is 5.32 Å². The molecule has 1 fully saturated rings. The van der Waals surface area contributed by atoms with Crippen molar-refractivity contribution in [2.75, 3.05) is 13.1 Å². The maximum absolute atomic E-state index is 11.2. The lowest BCUT2D eigenvalue weighted by molar-refractivity contribution is -0.139. The molecule has 1 atom stereocenters. The summed E-state index contributed by atoms with van der Waals surface area (Å²) in [6.07, 6.45) is 0.542. The summed E-state index contributed by atoms with van der Waals surface area (Å²) >= 11 is 0. The highest BCUT2D eigenvalue weighted by Crippen LogP contribution is 2.10. The quantitative estimate of drug-likeness (QED) is 0.585. The summed E-state index contributed by atoms with van der Waals surface area (Å²) in [4.78, 5) is 33.9. The van der Waals surface area contributed by atoms with Crippen LogP contribution in [0.1, 0.15) is 19.8 Å². The van der Waals surface area contributed by atoms with Crippen LogP contribution in [0, 0.1) is 0 Å². The fourth-order valence-electron chi connectivity index (χ4n) is 1.35. The number of carboxylic acids is 1. The van der Waals surface area contributed by atoms with Crippen molar-refractivity contribution in [3.63, 3.8) is 0 Å². The van der Waals surface area contributed by atoms with Crippen LogP contribution in [0.4, 0.5) is 0 Å². The second-order valence-corrected chi connectivity index (χ2v) is 3.45. The Bertz CT molecular complexity index is 274. The van der Waals surface area contributed by atoms with Gasteiger partial charge in [-0.25, -0.2) is 0 Å². The minimum absolute atomic E-state index is 0.176. The molecular formula is C9H14N2O4. The summed E-state index contributed by atoms with van der Waals surface area (Å²) in [5, 5.41) is 11.3. The van der Waals surface area contributed by atoms with Gasteiger partial charge in [0, 0.05) is 25.9 Å². The lowest BCUT2D eigenvalue weighted by atomic mass is 10.3. The summed E-state index contributed by atoms with van der Waals surface area (Å²) < 4.78 is 0. The van der Waals surface area contributed by atoms with E-state index in [4.69, 9.17) is 5.11 Å². The van der Waals surface area contributed by atoms with E-state index in [9.17, 15) is 14.4 Å². The molecule has 2 N–H and O–H groups in total. The average molecular weight is 214 g/mol. The first-order valence-electron chi connectivity index (χ1n) is 4.81. The van der Waals surface area contributed by atoms with Crippen molar-refractivity contribution in [2.45, 2.75) is 25.8 Å². The third-order valence-electron chi connectivity index (χ3n) is 2.31. The van der Waals surface area contributed by atoms with E-state index in [0.29, 0.717) is 6.54 Å². The molecule has 0 saturated carbocycles. The summed E-state index contributed by atoms with van der Waals surface area (Å²) in [5.74, 6) is -1.30. The number of likely N-dealkylation sites (tertiary alicyclic amines) is 1. The largest absolute Gasteiger partial charge is 0.480 e. The maximum Gasteiger partial charge on any atom is 0.320 e. The van der Waals surface area contributed by atoms with E-state index in [1.807, 2.05) is 0 Å². The van der Waals surface area contributed by atoms with E-state index >= 15 is 0 Å². The molecule has 6 nitrogen and oxygen atoms in total. The van der Waals surface area contributed by atoms with E-state index in [2.05, 4.69) is 5.32 Å². The molecule has 2 amide bonds. The average Bonchev–Trinajstić information content (AvgIpc) is 2.48. The van der Waals surface area contributed by atoms with E-state index in [1.165, 1.54) is 11.8 Å². The van der Waals surface area contributed by atoms with Gasteiger partial charge >= 0.3 is 5.97 Å². The van der Waals surface area contributed by atoms with Gasteiger partial charge in [0.25, 0.3) is 0 Å². The number of rotatable bonds is 5. The number of amides is 2. The van der Waals surface area contributed by atoms with Gasteiger partial charge in [-0.1, -0.05) is 0 Å². The predicted octanol–water partition coefficient (Wildman–Crippen LogP) is -0.802. The molecule has 0 radical (unpaired) electrons. The van der Waals surface area contributed by atoms with E-state index in [0.717, 1.165) is 0 Å². The SMILES string of the molecule is C[C@@H](NCCN1C(=O)CCC1=O)C(=O)O. The summed E-state index contributed by atoms with van der Waals surface area (Å²) in [5.41, 5.74) is 0. The smallest absolute Gasteiger partial charge is 0.320 e. The molecule has 1 heterocycles. The molecule has 15 heavy (non-hydrogen) atoms. The van der Waals surface area contributed by atoms with Gasteiger partial charge < -0.3 is 10.4 Å². The highest BCUT2D eigenvalue weighted by Gasteiger charge is 2.28. The third kappa shape index (κ3) is 3.02. The topological polar surface area (TPSA) is 86.7 Å². The van der Waals surface area contributed by atoms with Crippen molar-refractivity contribution in [1.29, 1.82) is 0 Å². The van der Waals surface area contributed by atoms with Crippen LogP contribution in [0.25, 0.3) is 0 Å². The highest BCUT2D eigenvalue weighted by atomic mass is 16.4. The molecule has 1 aliphatic rings. The van der Waals surface area contributed by atoms with Crippen LogP contribution in [-0.4, -0.2) is 46.9 Å². The molecule has 0 unspecified atom stereocenters. The molecule has 1 rings (SSSR count). The van der Waals surface area contributed by atoms with Gasteiger partial charge in [0.2, 0.25) is 11.8 Å². The molecule has 0 bridgehead atoms. The van der Waals surface area contributed by atoms with Crippen LogP contribution in [0.5, 0.6) is 0 Å². The number of imide groups is 1. The summed E-state index contributed by atoms with van der Waals surface area (Å²) in [6.45, 7) is 2.07. The Balaban J connectivity index is 2.28. The Morgan fingerprint density at radius 2 is 2.00 bits per heavy atom. The van der Waals surface area contributed by atoms with Crippen molar-refractivity contribution < 1.29 is 19.5 Å². The second kappa shape index (κ2) is 4.88. The number of carboxylic acid groups (broad SMARTS) is 1. The van der Waals surface area contributed by atoms with Gasteiger partial charge in [0.15, 0.2) is 0 Å². The number of carbonyl (C=O) groups excluding carboxylic acids is 2. The Morgan fingerprint density at radius 3 is 2.47 bits per heavy atom. The minimum Gasteiger partial charge on any atom is -0.480 e. The molecule has 1 aliphatic heterocycles. The van der Waals surface area contributed by atoms with Gasteiger partial charge in [-0.2, -0.15) is 0 Å². The first-order chi connectivity index (χ1) is 7.02. The fraction of sp³-hybridized carbons (Fsp3) is 0.667. The molecular weight excluding hydrogens is 200 g/mol. The third-order valence-corrected chi connectivity index (χ3v) is 2.31. The molecule has 84 valence electrons. The van der Waals surface area contributed by atoms with Crippen molar-refractivity contribution in [3.8, 4) is 0 Å². The van der Waals surface area contributed by atoms with Gasteiger partial charge in [0.1, 0.15) is 6.04 Å². The highest BCUT2D eigenvalue weighted by molar-refractivity contribution is 6.01. The molecule has 0 aromatic heterocycles. The number of hydrogen-bond acceptors (Lipinski definition) is 4. The Morgan fingerprint density at radius 1 is 1.47 bits per heavy atom. The Hall–Kier alpha value is -1.43. The first kappa shape index (κ1) is 11.6. The summed E-state index contributed by atoms with van der Waals surface area (Å²) in [6, 6.07) is -0.669. The standard InChI is InChI=1S/C9H14N2O4/c1-6(9(14)15)10-4-5-11-7(12)2-3-8(11)13/h6,10H,2-5H2,1H3,(H,14,15)/t6-/m1/s1. The molecule has 0 aromatic carbocycles. The number of nitrogens with zero attached hydrogens (tertiary/aromatic N) is 1. The van der Waals surface area contributed by atoms with Crippen molar-refractivity contribution in [1.82, 2.24) is 10.2 Å². The van der Waals surface area contributed by atoms with E-state index < -0.39 is 12.0 Å². The molecule has 6 heteroatoms. The van der Waals surface area contributed by atoms with Crippen molar-refractivity contribution >= 4 is 17.8 Å². The monoisotopic (exact) mass is 214 g/mol. The van der Waals surface area contributed by atoms with Crippen LogP contribution in [-0.2, 0) is 14.4 Å². The first-order valence-corrected chi connectivity index (χ1v) is 4.81. The number of carbonyl (C=O) groups is 3. The van der Waals surface area contributed by atoms with Gasteiger partial charge in [-0.15, -0.1) is 0 Å². The molecule has 1 saturated heterocycles. The number of hydrogen-bond donors (Lipinski definition) is 2. The lowest BCUT2D eigenvalue weighted by Gasteiger charge is -2.15. The van der Waals surface area contributed by atoms with Crippen molar-refractivity contribution in [2.24, 2.45) is 0 Å². The van der Waals surface area contributed by atoms with Gasteiger partial charge in [-0.3, -0.25) is 19.3 Å². The Kier molecular flexibility index (Phi) is 3.79. The van der Waals surface area contributed by atoms with Crippen molar-refractivity contribution in [3.05, 3.63) is 0 Å². The van der Waals surface area contributed by atoms with E-state index in [-0.39, 0.29) is 31.2 Å². The van der Waals surface area contributed by atoms with Gasteiger partial charge in [-0.05, 0) is 6.92 Å². The summed E-state index contributed by atoms with van der Waals surface area (Å²) in [7, 11) is 0. The lowest BCUT2D eigenvalue weighted by Crippen LogP contribution is -2.41. The second-order valence-electron chi connectivity index (χ2n) is 3.45. The van der Waals surface area contributed by atoms with Crippen LogP contribution in [0.15, 0.2) is 0 Å². The van der Waals surface area contributed by atoms with Crippen LogP contribution in [0.2, 0.25) is 0 Å². The maximum atomic E-state index is 11.2. The predicted molar refractivity (Wildman–Crippen MR) is 51.1 cm³/mol. The normalized spacial score (nSPS) is 18.3. The number of nitrogens with one attached hydrogen (secondary N) is 1. The van der Waals surface area contributed by atoms with Gasteiger partial charge in [0.05, 0.1) is 0 Å². The number of aliphatic carboxylic acids is 1. The zero-order valence-electron chi connectivity index (χ0n) is 8.52. The minimum atomic E-state index is -0.950. The Labute approximate surface area is 87.2 Å². The van der Waals surface area contributed by atoms with Crippen LogP contribution in [0.3, 0.4) is 0 Å². The van der Waals surface area contributed by atoms with Crippen LogP contribution >= 0.6 is 0 Å². The van der Waals surface area contributed by atoms with E-state index in [1.54, 1.807) is 0 Å². The zero-order chi connectivity index (χ0) is 11.4. The molecule has 0 spiro atoms. The molecule has 0 aromatic rings. The zero-order valence-corrected chi connectivity index (χ0v) is 8.52. The fourth-order valence-corrected chi connectivity index (χ4v) is 1.35.